The Morgan fingerprint density at radius 1 is 1.13 bits per heavy atom. The second kappa shape index (κ2) is 10.9. The van der Waals surface area contributed by atoms with Gasteiger partial charge in [-0.05, 0) is 42.2 Å². The van der Waals surface area contributed by atoms with Gasteiger partial charge >= 0.3 is 0 Å². The first-order chi connectivity index (χ1) is 15.0. The predicted octanol–water partition coefficient (Wildman–Crippen LogP) is 2.96. The maximum atomic E-state index is 13.8. The highest BCUT2D eigenvalue weighted by Gasteiger charge is 2.23. The fourth-order valence-corrected chi connectivity index (χ4v) is 3.74. The quantitative estimate of drug-likeness (QED) is 0.496. The van der Waals surface area contributed by atoms with E-state index in [0.29, 0.717) is 24.5 Å². The first kappa shape index (κ1) is 22.8. The van der Waals surface area contributed by atoms with Crippen LogP contribution in [0.15, 0.2) is 41.4 Å². The minimum absolute atomic E-state index is 0.265. The monoisotopic (exact) mass is 432 g/mol. The fraction of sp³-hybridized carbons (Fsp3) is 0.435. The van der Waals surface area contributed by atoms with Crippen LogP contribution >= 0.6 is 0 Å². The Kier molecular flexibility index (Phi) is 8.06. The molecule has 0 saturated carbocycles. The Labute approximate surface area is 182 Å². The minimum Gasteiger partial charge on any atom is -0.497 e. The third-order valence-electron chi connectivity index (χ3n) is 5.36. The minimum atomic E-state index is -0.565. The van der Waals surface area contributed by atoms with E-state index in [-0.39, 0.29) is 6.04 Å². The third-order valence-corrected chi connectivity index (χ3v) is 5.36. The van der Waals surface area contributed by atoms with Gasteiger partial charge in [0.15, 0.2) is 5.96 Å². The Morgan fingerprint density at radius 2 is 1.87 bits per heavy atom. The van der Waals surface area contributed by atoms with Crippen molar-refractivity contribution in [3.05, 3.63) is 59.2 Å². The Hall–Kier alpha value is -2.87. The number of guanidine groups is 1. The van der Waals surface area contributed by atoms with E-state index in [1.165, 1.54) is 12.1 Å². The van der Waals surface area contributed by atoms with Crippen LogP contribution in [0.4, 0.5) is 8.78 Å². The summed E-state index contributed by atoms with van der Waals surface area (Å²) in [5.41, 5.74) is 1.62. The van der Waals surface area contributed by atoms with Crippen LogP contribution in [0.2, 0.25) is 0 Å². The molecule has 1 fully saturated rings. The van der Waals surface area contributed by atoms with Crippen molar-refractivity contribution in [2.75, 3.05) is 40.9 Å². The van der Waals surface area contributed by atoms with E-state index < -0.39 is 11.6 Å². The summed E-state index contributed by atoms with van der Waals surface area (Å²) in [4.78, 5) is 6.63. The summed E-state index contributed by atoms with van der Waals surface area (Å²) in [6.07, 6.45) is 1.44. The van der Waals surface area contributed by atoms with E-state index in [4.69, 9.17) is 9.47 Å². The van der Waals surface area contributed by atoms with Gasteiger partial charge in [0.2, 0.25) is 0 Å². The van der Waals surface area contributed by atoms with Crippen LogP contribution in [0.3, 0.4) is 0 Å². The molecule has 1 unspecified atom stereocenters. The van der Waals surface area contributed by atoms with Gasteiger partial charge in [0.05, 0.1) is 14.2 Å². The highest BCUT2D eigenvalue weighted by atomic mass is 19.1. The molecule has 2 aromatic rings. The first-order valence-corrected chi connectivity index (χ1v) is 10.4. The molecule has 3 rings (SSSR count). The molecule has 168 valence electrons. The molecule has 1 aliphatic heterocycles. The highest BCUT2D eigenvalue weighted by Crippen LogP contribution is 2.24. The normalized spacial score (nSPS) is 16.9. The van der Waals surface area contributed by atoms with Gasteiger partial charge in [0.1, 0.15) is 23.1 Å². The highest BCUT2D eigenvalue weighted by molar-refractivity contribution is 5.80. The fourth-order valence-electron chi connectivity index (χ4n) is 3.74. The maximum absolute atomic E-state index is 13.8. The van der Waals surface area contributed by atoms with Crippen molar-refractivity contribution < 1.29 is 18.3 Å². The molecule has 1 aliphatic rings. The predicted molar refractivity (Wildman–Crippen MR) is 118 cm³/mol. The Bertz CT molecular complexity index is 885. The number of methoxy groups -OCH3 is 2. The molecular formula is C23H30F2N4O2. The number of rotatable bonds is 8. The lowest BCUT2D eigenvalue weighted by Gasteiger charge is -2.19. The zero-order valence-corrected chi connectivity index (χ0v) is 18.3. The number of nitrogens with one attached hydrogen (secondary N) is 2. The van der Waals surface area contributed by atoms with E-state index in [2.05, 4.69) is 20.5 Å². The molecule has 1 atom stereocenters. The molecule has 1 saturated heterocycles. The lowest BCUT2D eigenvalue weighted by molar-refractivity contribution is 0.321. The second-order valence-electron chi connectivity index (χ2n) is 7.57. The lowest BCUT2D eigenvalue weighted by Crippen LogP contribution is -2.45. The summed E-state index contributed by atoms with van der Waals surface area (Å²) in [7, 11) is 5.01. The lowest BCUT2D eigenvalue weighted by atomic mass is 10.1. The van der Waals surface area contributed by atoms with Crippen LogP contribution in [-0.2, 0) is 13.0 Å². The summed E-state index contributed by atoms with van der Waals surface area (Å²) in [6, 6.07) is 9.85. The van der Waals surface area contributed by atoms with Crippen molar-refractivity contribution in [3.8, 4) is 11.5 Å². The van der Waals surface area contributed by atoms with Crippen molar-refractivity contribution in [1.29, 1.82) is 0 Å². The molecule has 6 nitrogen and oxygen atoms in total. The molecule has 2 aromatic carbocycles. The smallest absolute Gasteiger partial charge is 0.191 e. The van der Waals surface area contributed by atoms with Crippen molar-refractivity contribution >= 4 is 5.96 Å². The van der Waals surface area contributed by atoms with Crippen LogP contribution in [0.1, 0.15) is 17.5 Å². The molecule has 0 aromatic heterocycles. The number of ether oxygens (including phenoxy) is 2. The van der Waals surface area contributed by atoms with Gasteiger partial charge in [-0.1, -0.05) is 6.07 Å². The molecule has 1 heterocycles. The molecule has 2 N–H and O–H groups in total. The van der Waals surface area contributed by atoms with Crippen LogP contribution in [0.25, 0.3) is 0 Å². The first-order valence-electron chi connectivity index (χ1n) is 10.4. The summed E-state index contributed by atoms with van der Waals surface area (Å²) >= 11 is 0. The van der Waals surface area contributed by atoms with Crippen LogP contribution < -0.4 is 20.1 Å². The molecule has 0 spiro atoms. The SMILES string of the molecule is CN=C(NCCc1ccc(F)cc1F)NC1CCN(Cc2cc(OC)cc(OC)c2)C1. The molecule has 0 aliphatic carbocycles. The second-order valence-corrected chi connectivity index (χ2v) is 7.57. The molecular weight excluding hydrogens is 402 g/mol. The number of likely N-dealkylation sites (tertiary alicyclic amines) is 1. The average Bonchev–Trinajstić information content (AvgIpc) is 3.20. The molecule has 0 amide bonds. The van der Waals surface area contributed by atoms with E-state index in [0.717, 1.165) is 49.2 Å². The third kappa shape index (κ3) is 6.55. The van der Waals surface area contributed by atoms with Gasteiger partial charge in [0.25, 0.3) is 0 Å². The maximum Gasteiger partial charge on any atom is 0.191 e. The topological polar surface area (TPSA) is 58.1 Å². The standard InChI is InChI=1S/C23H30F2N4O2/c1-26-23(27-8-6-17-4-5-18(24)12-22(17)25)28-19-7-9-29(15-19)14-16-10-20(30-2)13-21(11-16)31-3/h4-5,10-13,19H,6-9,14-15H2,1-3H3,(H2,26,27,28). The van der Waals surface area contributed by atoms with Crippen molar-refractivity contribution in [2.45, 2.75) is 25.4 Å². The molecule has 0 radical (unpaired) electrons. The van der Waals surface area contributed by atoms with Crippen molar-refractivity contribution in [2.24, 2.45) is 4.99 Å². The number of benzene rings is 2. The Balaban J connectivity index is 1.47. The van der Waals surface area contributed by atoms with Crippen LogP contribution in [-0.4, -0.2) is 57.8 Å². The molecule has 8 heteroatoms. The van der Waals surface area contributed by atoms with E-state index >= 15 is 0 Å². The molecule has 31 heavy (non-hydrogen) atoms. The number of aliphatic imine (C=N–C) groups is 1. The van der Waals surface area contributed by atoms with Gasteiger partial charge in [-0.15, -0.1) is 0 Å². The van der Waals surface area contributed by atoms with E-state index in [1.54, 1.807) is 21.3 Å². The number of hydrogen-bond donors (Lipinski definition) is 2. The van der Waals surface area contributed by atoms with Gasteiger partial charge in [-0.2, -0.15) is 0 Å². The largest absolute Gasteiger partial charge is 0.497 e. The molecule has 0 bridgehead atoms. The summed E-state index contributed by atoms with van der Waals surface area (Å²) in [5, 5.41) is 6.64. The van der Waals surface area contributed by atoms with Gasteiger partial charge in [-0.3, -0.25) is 9.89 Å². The van der Waals surface area contributed by atoms with Gasteiger partial charge < -0.3 is 20.1 Å². The number of nitrogens with zero attached hydrogens (tertiary/aromatic N) is 2. The van der Waals surface area contributed by atoms with Gasteiger partial charge in [-0.25, -0.2) is 8.78 Å². The summed E-state index contributed by atoms with van der Waals surface area (Å²) in [6.45, 7) is 3.16. The zero-order chi connectivity index (χ0) is 22.2. The van der Waals surface area contributed by atoms with Crippen LogP contribution in [0.5, 0.6) is 11.5 Å². The van der Waals surface area contributed by atoms with Crippen LogP contribution in [0, 0.1) is 11.6 Å². The van der Waals surface area contributed by atoms with E-state index in [1.807, 2.05) is 18.2 Å². The van der Waals surface area contributed by atoms with Gasteiger partial charge in [0, 0.05) is 51.4 Å². The van der Waals surface area contributed by atoms with Crippen molar-refractivity contribution in [3.63, 3.8) is 0 Å². The summed E-state index contributed by atoms with van der Waals surface area (Å²) in [5.74, 6) is 1.16. The average molecular weight is 433 g/mol. The Morgan fingerprint density at radius 3 is 2.52 bits per heavy atom. The zero-order valence-electron chi connectivity index (χ0n) is 18.3. The van der Waals surface area contributed by atoms with Crippen molar-refractivity contribution in [1.82, 2.24) is 15.5 Å². The van der Waals surface area contributed by atoms with E-state index in [9.17, 15) is 8.78 Å². The number of hydrogen-bond acceptors (Lipinski definition) is 4. The number of halogens is 2. The summed E-state index contributed by atoms with van der Waals surface area (Å²) < 4.78 is 37.5.